The van der Waals surface area contributed by atoms with Crippen LogP contribution in [0.2, 0.25) is 5.02 Å². The Balaban J connectivity index is 1.95. The normalized spacial score (nSPS) is 10.2. The van der Waals surface area contributed by atoms with Crippen molar-refractivity contribution in [3.05, 3.63) is 59.1 Å². The minimum absolute atomic E-state index is 0.503. The molecule has 4 heteroatoms. The minimum Gasteiger partial charge on any atom is -0.489 e. The van der Waals surface area contributed by atoms with Gasteiger partial charge in [0.2, 0.25) is 0 Å². The van der Waals surface area contributed by atoms with Crippen LogP contribution in [0, 0.1) is 0 Å². The molecule has 2 rings (SSSR count). The Kier molecular flexibility index (Phi) is 4.31. The van der Waals surface area contributed by atoms with Crippen LogP contribution in [0.4, 0.5) is 0 Å². The van der Waals surface area contributed by atoms with Gasteiger partial charge >= 0.3 is 0 Å². The molecule has 0 aliphatic carbocycles. The summed E-state index contributed by atoms with van der Waals surface area (Å²) < 4.78 is 14.4. The monoisotopic (exact) mass is 266 g/mol. The fraction of sp³-hybridized carbons (Fsp3) is 0.0769. The van der Waals surface area contributed by atoms with Crippen LogP contribution < -0.4 is 4.74 Å². The number of hydrogen-bond acceptors (Lipinski definition) is 3. The summed E-state index contributed by atoms with van der Waals surface area (Å²) in [5.41, 5.74) is 1.06. The standard InChI is InChI=1S/C13H11ClO2S/c14-11-3-1-10(2-4-11)9-16-12-5-7-13(17-15)8-6-12/h1-8,15H,9H2. The molecule has 0 saturated heterocycles. The Labute approximate surface area is 109 Å². The van der Waals surface area contributed by atoms with Gasteiger partial charge in [-0.15, -0.1) is 0 Å². The van der Waals surface area contributed by atoms with Gasteiger partial charge in [-0.05, 0) is 42.0 Å². The summed E-state index contributed by atoms with van der Waals surface area (Å²) in [5.74, 6) is 0.776. The number of ether oxygens (including phenoxy) is 1. The molecule has 1 N–H and O–H groups in total. The Morgan fingerprint density at radius 3 is 2.24 bits per heavy atom. The van der Waals surface area contributed by atoms with Gasteiger partial charge in [-0.1, -0.05) is 23.7 Å². The van der Waals surface area contributed by atoms with Gasteiger partial charge < -0.3 is 9.29 Å². The molecule has 0 aliphatic rings. The molecule has 0 heterocycles. The van der Waals surface area contributed by atoms with Crippen molar-refractivity contribution in [1.29, 1.82) is 0 Å². The number of hydrogen-bond donors (Lipinski definition) is 1. The topological polar surface area (TPSA) is 29.5 Å². The van der Waals surface area contributed by atoms with Crippen LogP contribution in [0.25, 0.3) is 0 Å². The third-order valence-corrected chi connectivity index (χ3v) is 2.98. The Bertz CT molecular complexity index is 468. The van der Waals surface area contributed by atoms with E-state index >= 15 is 0 Å². The van der Waals surface area contributed by atoms with Gasteiger partial charge in [0.05, 0.1) is 0 Å². The van der Waals surface area contributed by atoms with Crippen LogP contribution in [0.3, 0.4) is 0 Å². The van der Waals surface area contributed by atoms with Gasteiger partial charge in [0.25, 0.3) is 0 Å². The van der Waals surface area contributed by atoms with E-state index in [1.807, 2.05) is 48.5 Å². The van der Waals surface area contributed by atoms with Crippen LogP contribution in [0.1, 0.15) is 5.56 Å². The third kappa shape index (κ3) is 3.66. The van der Waals surface area contributed by atoms with E-state index in [1.54, 1.807) is 0 Å². The lowest BCUT2D eigenvalue weighted by molar-refractivity contribution is 0.306. The second-order valence-electron chi connectivity index (χ2n) is 3.48. The van der Waals surface area contributed by atoms with Crippen molar-refractivity contribution in [2.75, 3.05) is 0 Å². The predicted molar refractivity (Wildman–Crippen MR) is 70.7 cm³/mol. The van der Waals surface area contributed by atoms with E-state index in [9.17, 15) is 0 Å². The van der Waals surface area contributed by atoms with Gasteiger partial charge in [0.15, 0.2) is 0 Å². The van der Waals surface area contributed by atoms with Crippen LogP contribution in [0.15, 0.2) is 53.4 Å². The molecule has 17 heavy (non-hydrogen) atoms. The highest BCUT2D eigenvalue weighted by atomic mass is 35.5. The minimum atomic E-state index is 0.503. The van der Waals surface area contributed by atoms with Gasteiger partial charge in [0.1, 0.15) is 12.4 Å². The quantitative estimate of drug-likeness (QED) is 0.827. The summed E-state index contributed by atoms with van der Waals surface area (Å²) >= 11 is 6.52. The molecule has 0 spiro atoms. The average Bonchev–Trinajstić information content (AvgIpc) is 2.39. The summed E-state index contributed by atoms with van der Waals surface area (Å²) in [6.45, 7) is 0.503. The molecule has 2 aromatic rings. The number of benzene rings is 2. The van der Waals surface area contributed by atoms with Crippen molar-refractivity contribution >= 4 is 23.6 Å². The maximum atomic E-state index is 8.83. The molecule has 2 nitrogen and oxygen atoms in total. The largest absolute Gasteiger partial charge is 0.489 e. The zero-order valence-electron chi connectivity index (χ0n) is 8.97. The van der Waals surface area contributed by atoms with E-state index in [1.165, 1.54) is 0 Å². The summed E-state index contributed by atoms with van der Waals surface area (Å²) in [4.78, 5) is 0.795. The van der Waals surface area contributed by atoms with Gasteiger partial charge in [0, 0.05) is 22.0 Å². The van der Waals surface area contributed by atoms with E-state index in [0.29, 0.717) is 6.61 Å². The van der Waals surface area contributed by atoms with Gasteiger partial charge in [-0.3, -0.25) is 0 Å². The van der Waals surface area contributed by atoms with E-state index in [2.05, 4.69) is 0 Å². The molecule has 0 amide bonds. The third-order valence-electron chi connectivity index (χ3n) is 2.25. The lowest BCUT2D eigenvalue weighted by atomic mass is 10.2. The molecule has 0 fully saturated rings. The summed E-state index contributed by atoms with van der Waals surface area (Å²) in [5, 5.41) is 0.720. The summed E-state index contributed by atoms with van der Waals surface area (Å²) in [7, 11) is 0. The first-order valence-electron chi connectivity index (χ1n) is 5.06. The lowest BCUT2D eigenvalue weighted by Crippen LogP contribution is -1.94. The van der Waals surface area contributed by atoms with Crippen LogP contribution in [-0.2, 0) is 6.61 Å². The Morgan fingerprint density at radius 1 is 1.00 bits per heavy atom. The molecule has 0 bridgehead atoms. The molecule has 0 radical (unpaired) electrons. The van der Waals surface area contributed by atoms with E-state index in [4.69, 9.17) is 20.9 Å². The maximum Gasteiger partial charge on any atom is 0.119 e. The highest BCUT2D eigenvalue weighted by Gasteiger charge is 1.97. The fourth-order valence-electron chi connectivity index (χ4n) is 1.34. The molecule has 0 saturated carbocycles. The van der Waals surface area contributed by atoms with E-state index < -0.39 is 0 Å². The van der Waals surface area contributed by atoms with Crippen molar-refractivity contribution in [1.82, 2.24) is 0 Å². The first kappa shape index (κ1) is 12.3. The van der Waals surface area contributed by atoms with Crippen molar-refractivity contribution in [3.63, 3.8) is 0 Å². The van der Waals surface area contributed by atoms with Crippen LogP contribution in [-0.4, -0.2) is 4.55 Å². The zero-order chi connectivity index (χ0) is 12.1. The van der Waals surface area contributed by atoms with Crippen molar-refractivity contribution in [2.45, 2.75) is 11.5 Å². The maximum absolute atomic E-state index is 8.83. The number of halogens is 1. The van der Waals surface area contributed by atoms with Crippen molar-refractivity contribution in [3.8, 4) is 5.75 Å². The summed E-state index contributed by atoms with van der Waals surface area (Å²) in [6.07, 6.45) is 0. The highest BCUT2D eigenvalue weighted by molar-refractivity contribution is 7.93. The van der Waals surface area contributed by atoms with Gasteiger partial charge in [-0.25, -0.2) is 0 Å². The molecule has 0 aromatic heterocycles. The Hall–Kier alpha value is -1.16. The smallest absolute Gasteiger partial charge is 0.119 e. The zero-order valence-corrected chi connectivity index (χ0v) is 10.5. The second-order valence-corrected chi connectivity index (χ2v) is 4.57. The van der Waals surface area contributed by atoms with Crippen LogP contribution >= 0.6 is 23.6 Å². The van der Waals surface area contributed by atoms with E-state index in [0.717, 1.165) is 33.3 Å². The summed E-state index contributed by atoms with van der Waals surface area (Å²) in [6, 6.07) is 14.8. The highest BCUT2D eigenvalue weighted by Crippen LogP contribution is 2.19. The number of rotatable bonds is 4. The molecular weight excluding hydrogens is 256 g/mol. The van der Waals surface area contributed by atoms with E-state index in [-0.39, 0.29) is 0 Å². The molecular formula is C13H11ClO2S. The fourth-order valence-corrected chi connectivity index (χ4v) is 1.73. The first-order valence-corrected chi connectivity index (χ1v) is 6.22. The van der Waals surface area contributed by atoms with Crippen LogP contribution in [0.5, 0.6) is 5.75 Å². The Morgan fingerprint density at radius 2 is 1.65 bits per heavy atom. The van der Waals surface area contributed by atoms with Gasteiger partial charge in [-0.2, -0.15) is 0 Å². The lowest BCUT2D eigenvalue weighted by Gasteiger charge is -2.06. The second kappa shape index (κ2) is 5.96. The molecule has 0 aliphatic heterocycles. The predicted octanol–water partition coefficient (Wildman–Crippen LogP) is 4.48. The molecule has 0 unspecified atom stereocenters. The first-order chi connectivity index (χ1) is 8.28. The SMILES string of the molecule is OSc1ccc(OCc2ccc(Cl)cc2)cc1. The molecule has 2 aromatic carbocycles. The molecule has 88 valence electrons. The van der Waals surface area contributed by atoms with Crippen molar-refractivity contribution < 1.29 is 9.29 Å². The van der Waals surface area contributed by atoms with Crippen molar-refractivity contribution in [2.24, 2.45) is 0 Å². The molecule has 0 atom stereocenters. The average molecular weight is 267 g/mol.